The molecule has 0 aliphatic heterocycles. The van der Waals surface area contributed by atoms with Crippen LogP contribution in [0.1, 0.15) is 48.0 Å². The van der Waals surface area contributed by atoms with Crippen molar-refractivity contribution >= 4 is 0 Å². The molecule has 0 heteroatoms. The van der Waals surface area contributed by atoms with Gasteiger partial charge >= 0.3 is 0 Å². The Morgan fingerprint density at radius 3 is 1.82 bits per heavy atom. The monoisotopic (exact) mass is 234 g/mol. The number of hydrogen-bond acceptors (Lipinski definition) is 0. The molecule has 0 aliphatic carbocycles. The molecule has 0 radical (unpaired) electrons. The van der Waals surface area contributed by atoms with E-state index in [1.807, 2.05) is 46.8 Å². The summed E-state index contributed by atoms with van der Waals surface area (Å²) in [5.74, 6) is 0. The Kier molecular flexibility index (Phi) is 24.9. The third-order valence-electron chi connectivity index (χ3n) is 1.69. The summed E-state index contributed by atoms with van der Waals surface area (Å²) in [6.45, 7) is 19.6. The van der Waals surface area contributed by atoms with Gasteiger partial charge in [0.15, 0.2) is 0 Å². The molecule has 17 heavy (non-hydrogen) atoms. The van der Waals surface area contributed by atoms with E-state index in [1.165, 1.54) is 5.57 Å². The van der Waals surface area contributed by atoms with Crippen LogP contribution in [0, 0.1) is 0 Å². The van der Waals surface area contributed by atoms with Gasteiger partial charge in [-0.2, -0.15) is 0 Å². The highest BCUT2D eigenvalue weighted by Crippen LogP contribution is 2.12. The normalized spacial score (nSPS) is 10.9. The van der Waals surface area contributed by atoms with Crippen molar-refractivity contribution in [2.75, 3.05) is 0 Å². The first-order chi connectivity index (χ1) is 8.29. The zero-order valence-electron chi connectivity index (χ0n) is 12.6. The lowest BCUT2D eigenvalue weighted by molar-refractivity contribution is 1.22. The van der Waals surface area contributed by atoms with Crippen LogP contribution in [0.5, 0.6) is 0 Å². The number of hydrogen-bond donors (Lipinski definition) is 0. The van der Waals surface area contributed by atoms with E-state index in [2.05, 4.69) is 38.3 Å². The van der Waals surface area contributed by atoms with E-state index in [0.29, 0.717) is 0 Å². The lowest BCUT2D eigenvalue weighted by Crippen LogP contribution is -1.81. The summed E-state index contributed by atoms with van der Waals surface area (Å²) >= 11 is 0. The first-order valence-corrected chi connectivity index (χ1v) is 6.58. The maximum Gasteiger partial charge on any atom is -0.0194 e. The molecule has 0 rings (SSSR count). The molecule has 0 saturated carbocycles. The van der Waals surface area contributed by atoms with Crippen LogP contribution < -0.4 is 0 Å². The molecule has 0 spiro atoms. The molecule has 0 unspecified atom stereocenters. The lowest BCUT2D eigenvalue weighted by atomic mass is 10.0. The molecule has 0 N–H and O–H groups in total. The molecule has 0 aliphatic rings. The molecular weight excluding hydrogens is 204 g/mol. The highest BCUT2D eigenvalue weighted by atomic mass is 14.0. The number of rotatable bonds is 5. The van der Waals surface area contributed by atoms with E-state index < -0.39 is 0 Å². The second-order valence-electron chi connectivity index (χ2n) is 2.62. The van der Waals surface area contributed by atoms with E-state index in [1.54, 1.807) is 6.08 Å². The van der Waals surface area contributed by atoms with Crippen LogP contribution in [0.15, 0.2) is 60.8 Å². The van der Waals surface area contributed by atoms with Crippen LogP contribution in [0.2, 0.25) is 0 Å². The third-order valence-corrected chi connectivity index (χ3v) is 1.69. The summed E-state index contributed by atoms with van der Waals surface area (Å²) in [5, 5.41) is 0. The van der Waals surface area contributed by atoms with Gasteiger partial charge in [0.2, 0.25) is 0 Å². The number of allylic oxidation sites excluding steroid dienone is 8. The molecule has 0 amide bonds. The van der Waals surface area contributed by atoms with Gasteiger partial charge in [0.25, 0.3) is 0 Å². The quantitative estimate of drug-likeness (QED) is 0.493. The van der Waals surface area contributed by atoms with Crippen molar-refractivity contribution in [3.8, 4) is 0 Å². The second-order valence-corrected chi connectivity index (χ2v) is 2.62. The first-order valence-electron chi connectivity index (χ1n) is 6.58. The fraction of sp³-hybridized carbons (Fsp3) is 0.412. The van der Waals surface area contributed by atoms with Crippen molar-refractivity contribution < 1.29 is 0 Å². The second kappa shape index (κ2) is 20.2. The smallest absolute Gasteiger partial charge is 0.0194 e. The Bertz CT molecular complexity index is 249. The highest BCUT2D eigenvalue weighted by molar-refractivity contribution is 5.46. The maximum absolute atomic E-state index is 3.77. The highest BCUT2D eigenvalue weighted by Gasteiger charge is 1.93. The van der Waals surface area contributed by atoms with Gasteiger partial charge in [-0.25, -0.2) is 0 Å². The van der Waals surface area contributed by atoms with Gasteiger partial charge in [-0.1, -0.05) is 84.2 Å². The summed E-state index contributed by atoms with van der Waals surface area (Å²) in [7, 11) is 0. The van der Waals surface area contributed by atoms with Gasteiger partial charge in [0.1, 0.15) is 0 Å². The zero-order valence-corrected chi connectivity index (χ0v) is 12.6. The maximum atomic E-state index is 3.77. The summed E-state index contributed by atoms with van der Waals surface area (Å²) < 4.78 is 0. The van der Waals surface area contributed by atoms with Crippen LogP contribution in [-0.4, -0.2) is 0 Å². The first kappa shape index (κ1) is 21.0. The van der Waals surface area contributed by atoms with Crippen LogP contribution in [0.25, 0.3) is 0 Å². The van der Waals surface area contributed by atoms with E-state index >= 15 is 0 Å². The lowest BCUT2D eigenvalue weighted by Gasteiger charge is -2.00. The molecule has 0 atom stereocenters. The van der Waals surface area contributed by atoms with E-state index in [9.17, 15) is 0 Å². The van der Waals surface area contributed by atoms with Crippen LogP contribution >= 0.6 is 0 Å². The Balaban J connectivity index is -0.000000439. The Morgan fingerprint density at radius 1 is 1.00 bits per heavy atom. The fourth-order valence-corrected chi connectivity index (χ4v) is 1.01. The van der Waals surface area contributed by atoms with Crippen molar-refractivity contribution in [3.05, 3.63) is 60.8 Å². The largest absolute Gasteiger partial charge is 0.0990 e. The van der Waals surface area contributed by atoms with E-state index in [-0.39, 0.29) is 0 Å². The molecule has 0 nitrogen and oxygen atoms in total. The average molecular weight is 234 g/mol. The molecule has 98 valence electrons. The van der Waals surface area contributed by atoms with Gasteiger partial charge in [-0.3, -0.25) is 0 Å². The van der Waals surface area contributed by atoms with Crippen LogP contribution in [0.3, 0.4) is 0 Å². The van der Waals surface area contributed by atoms with Crippen molar-refractivity contribution in [1.82, 2.24) is 0 Å². The summed E-state index contributed by atoms with van der Waals surface area (Å²) in [6, 6.07) is 0. The zero-order chi connectivity index (χ0) is 14.1. The van der Waals surface area contributed by atoms with Gasteiger partial charge < -0.3 is 0 Å². The Hall–Kier alpha value is -1.30. The molecule has 0 saturated heterocycles. The van der Waals surface area contributed by atoms with E-state index in [4.69, 9.17) is 0 Å². The summed E-state index contributed by atoms with van der Waals surface area (Å²) in [5.41, 5.74) is 2.30. The van der Waals surface area contributed by atoms with Gasteiger partial charge in [-0.15, -0.1) is 0 Å². The molecule has 0 aromatic carbocycles. The van der Waals surface area contributed by atoms with E-state index in [0.717, 1.165) is 12.0 Å². The molecule has 0 heterocycles. The topological polar surface area (TPSA) is 0 Å². The predicted octanol–water partition coefficient (Wildman–Crippen LogP) is 6.25. The van der Waals surface area contributed by atoms with Crippen LogP contribution in [-0.2, 0) is 0 Å². The van der Waals surface area contributed by atoms with Gasteiger partial charge in [0, 0.05) is 0 Å². The standard InChI is InChI=1S/C13H18.2C2H6/c1-5-9-11-13(8-4)12(7-3)10-6-2;2*1-2/h6-11H,2-3,5H2,1,4H3;2*1-2H3/b11-9-,12-10-,13-8-;;. The molecule has 0 aromatic heterocycles. The van der Waals surface area contributed by atoms with Crippen molar-refractivity contribution in [2.24, 2.45) is 0 Å². The summed E-state index contributed by atoms with van der Waals surface area (Å²) in [4.78, 5) is 0. The van der Waals surface area contributed by atoms with Crippen molar-refractivity contribution in [2.45, 2.75) is 48.0 Å². The molecule has 0 fully saturated rings. The predicted molar refractivity (Wildman–Crippen MR) is 84.4 cm³/mol. The van der Waals surface area contributed by atoms with Crippen molar-refractivity contribution in [1.29, 1.82) is 0 Å². The average Bonchev–Trinajstić information content (AvgIpc) is 2.42. The fourth-order valence-electron chi connectivity index (χ4n) is 1.01. The minimum absolute atomic E-state index is 1.05. The molecule has 0 bridgehead atoms. The Morgan fingerprint density at radius 2 is 1.53 bits per heavy atom. The minimum atomic E-state index is 1.05. The minimum Gasteiger partial charge on any atom is -0.0990 e. The molecule has 0 aromatic rings. The molecular formula is C17H30. The van der Waals surface area contributed by atoms with Crippen LogP contribution in [0.4, 0.5) is 0 Å². The Labute approximate surface area is 109 Å². The van der Waals surface area contributed by atoms with Crippen molar-refractivity contribution in [3.63, 3.8) is 0 Å². The summed E-state index contributed by atoms with van der Waals surface area (Å²) in [6.07, 6.45) is 12.9. The van der Waals surface area contributed by atoms with Gasteiger partial charge in [0.05, 0.1) is 0 Å². The third kappa shape index (κ3) is 12.6. The van der Waals surface area contributed by atoms with Gasteiger partial charge in [-0.05, 0) is 24.5 Å². The SMILES string of the molecule is C=C\C=C(C=C)/C(/C=C\CC)=C\C.CC.CC.